The topological polar surface area (TPSA) is 47.7 Å². The minimum Gasteiger partial charge on any atom is -0.348 e. The van der Waals surface area contributed by atoms with Crippen LogP contribution in [0.1, 0.15) is 20.8 Å². The number of thiocarbonyl (C=S) groups is 1. The first-order chi connectivity index (χ1) is 8.60. The molecule has 1 aliphatic heterocycles. The molecule has 1 N–H and O–H groups in total. The Morgan fingerprint density at radius 2 is 2.11 bits per heavy atom. The molecule has 18 heavy (non-hydrogen) atoms. The van der Waals surface area contributed by atoms with E-state index < -0.39 is 0 Å². The van der Waals surface area contributed by atoms with Crippen LogP contribution in [0.3, 0.4) is 0 Å². The standard InChI is InChI=1S/C12H18N4OS/c1-4-15(5-2)12(18)14-13-10(3)11-8-6-7-9-16(11)17/h6-9,11H,4-5H2,1-3H3/p+1/b13-10+. The number of hydrogen-bond donors (Lipinski definition) is 1. The highest BCUT2D eigenvalue weighted by molar-refractivity contribution is 7.80. The maximum atomic E-state index is 11.6. The zero-order valence-corrected chi connectivity index (χ0v) is 11.8. The lowest BCUT2D eigenvalue weighted by atomic mass is 10.1. The predicted molar refractivity (Wildman–Crippen MR) is 77.5 cm³/mol. The first-order valence-corrected chi connectivity index (χ1v) is 6.40. The summed E-state index contributed by atoms with van der Waals surface area (Å²) in [4.78, 5) is 13.5. The average Bonchev–Trinajstić information content (AvgIpc) is 2.38. The Bertz CT molecular complexity index is 410. The van der Waals surface area contributed by atoms with Crippen molar-refractivity contribution in [1.82, 2.24) is 10.3 Å². The Morgan fingerprint density at radius 1 is 1.44 bits per heavy atom. The number of nitroso groups, excluding NO2 is 1. The van der Waals surface area contributed by atoms with Gasteiger partial charge < -0.3 is 4.90 Å². The number of allylic oxidation sites excluding steroid dienone is 2. The highest BCUT2D eigenvalue weighted by atomic mass is 32.1. The van der Waals surface area contributed by atoms with Gasteiger partial charge >= 0.3 is 0 Å². The van der Waals surface area contributed by atoms with E-state index in [0.29, 0.717) is 10.8 Å². The van der Waals surface area contributed by atoms with E-state index in [-0.39, 0.29) is 6.04 Å². The number of nitrogens with zero attached hydrogens (tertiary/aromatic N) is 3. The number of rotatable bonds is 4. The van der Waals surface area contributed by atoms with E-state index in [2.05, 4.69) is 10.5 Å². The van der Waals surface area contributed by atoms with Crippen LogP contribution >= 0.6 is 12.2 Å². The van der Waals surface area contributed by atoms with Crippen LogP contribution in [0.25, 0.3) is 0 Å². The van der Waals surface area contributed by atoms with Gasteiger partial charge in [0.05, 0.1) is 0 Å². The fourth-order valence-corrected chi connectivity index (χ4v) is 1.89. The van der Waals surface area contributed by atoms with Gasteiger partial charge in [0.2, 0.25) is 6.20 Å². The average molecular weight is 267 g/mol. The van der Waals surface area contributed by atoms with Crippen LogP contribution in [-0.4, -0.2) is 39.6 Å². The second-order valence-corrected chi connectivity index (χ2v) is 4.26. The molecule has 1 aliphatic rings. The van der Waals surface area contributed by atoms with E-state index in [1.54, 1.807) is 19.1 Å². The van der Waals surface area contributed by atoms with Gasteiger partial charge in [-0.2, -0.15) is 5.10 Å². The summed E-state index contributed by atoms with van der Waals surface area (Å²) in [7, 11) is 0. The highest BCUT2D eigenvalue weighted by Crippen LogP contribution is 2.03. The molecular formula is C12H19N4OS+. The summed E-state index contributed by atoms with van der Waals surface area (Å²) in [6, 6.07) is -0.359. The van der Waals surface area contributed by atoms with Gasteiger partial charge in [-0.3, -0.25) is 5.43 Å². The second-order valence-electron chi connectivity index (χ2n) is 3.87. The third kappa shape index (κ3) is 3.73. The van der Waals surface area contributed by atoms with Crippen LogP contribution < -0.4 is 5.43 Å². The smallest absolute Gasteiger partial charge is 0.265 e. The molecule has 1 rings (SSSR count). The second kappa shape index (κ2) is 7.00. The Balaban J connectivity index is 2.62. The van der Waals surface area contributed by atoms with Crippen molar-refractivity contribution < 1.29 is 4.76 Å². The minimum absolute atomic E-state index is 0.359. The summed E-state index contributed by atoms with van der Waals surface area (Å²) in [6.07, 6.45) is 6.81. The van der Waals surface area contributed by atoms with Crippen molar-refractivity contribution in [3.05, 3.63) is 29.3 Å². The maximum absolute atomic E-state index is 11.6. The lowest BCUT2D eigenvalue weighted by Crippen LogP contribution is -2.38. The molecule has 0 amide bonds. The Kier molecular flexibility index (Phi) is 5.64. The van der Waals surface area contributed by atoms with Crippen molar-refractivity contribution >= 4 is 23.0 Å². The van der Waals surface area contributed by atoms with Crippen molar-refractivity contribution in [3.63, 3.8) is 0 Å². The summed E-state index contributed by atoms with van der Waals surface area (Å²) in [5.41, 5.74) is 3.50. The van der Waals surface area contributed by atoms with E-state index in [1.165, 1.54) is 6.20 Å². The van der Waals surface area contributed by atoms with Crippen molar-refractivity contribution in [2.45, 2.75) is 26.8 Å². The fourth-order valence-electron chi connectivity index (χ4n) is 1.59. The summed E-state index contributed by atoms with van der Waals surface area (Å²) >= 11 is 5.21. The lowest BCUT2D eigenvalue weighted by molar-refractivity contribution is -0.491. The Hall–Kier alpha value is -1.56. The van der Waals surface area contributed by atoms with Crippen LogP contribution in [0.4, 0.5) is 0 Å². The van der Waals surface area contributed by atoms with E-state index in [9.17, 15) is 4.91 Å². The van der Waals surface area contributed by atoms with E-state index in [1.807, 2.05) is 24.8 Å². The monoisotopic (exact) mass is 267 g/mol. The molecule has 0 saturated carbocycles. The molecule has 0 aromatic carbocycles. The van der Waals surface area contributed by atoms with Gasteiger partial charge in [-0.25, -0.2) is 0 Å². The van der Waals surface area contributed by atoms with Gasteiger partial charge in [0.1, 0.15) is 5.71 Å². The third-order valence-corrected chi connectivity index (χ3v) is 3.07. The van der Waals surface area contributed by atoms with E-state index in [0.717, 1.165) is 17.8 Å². The predicted octanol–water partition coefficient (Wildman–Crippen LogP) is 1.81. The zero-order valence-electron chi connectivity index (χ0n) is 11.0. The largest absolute Gasteiger partial charge is 0.348 e. The van der Waals surface area contributed by atoms with Gasteiger partial charge in [-0.05, 0) is 39.1 Å². The first-order valence-electron chi connectivity index (χ1n) is 5.99. The van der Waals surface area contributed by atoms with Crippen molar-refractivity contribution in [2.75, 3.05) is 13.1 Å². The molecule has 98 valence electrons. The van der Waals surface area contributed by atoms with Crippen LogP contribution in [0.15, 0.2) is 29.5 Å². The maximum Gasteiger partial charge on any atom is 0.265 e. The van der Waals surface area contributed by atoms with E-state index in [4.69, 9.17) is 12.2 Å². The van der Waals surface area contributed by atoms with Crippen LogP contribution in [0, 0.1) is 4.91 Å². The molecule has 0 bridgehead atoms. The Labute approximate surface area is 113 Å². The lowest BCUT2D eigenvalue weighted by Gasteiger charge is -2.20. The summed E-state index contributed by atoms with van der Waals surface area (Å²) in [5, 5.41) is 4.75. The molecule has 0 aromatic heterocycles. The Morgan fingerprint density at radius 3 is 2.67 bits per heavy atom. The van der Waals surface area contributed by atoms with Gasteiger partial charge in [-0.15, -0.1) is 0 Å². The van der Waals surface area contributed by atoms with Gasteiger partial charge in [0.25, 0.3) is 6.04 Å². The molecule has 0 radical (unpaired) electrons. The van der Waals surface area contributed by atoms with Crippen LogP contribution in [-0.2, 0) is 0 Å². The number of hydrazone groups is 1. The molecule has 0 aliphatic carbocycles. The molecule has 5 nitrogen and oxygen atoms in total. The zero-order chi connectivity index (χ0) is 13.5. The molecule has 1 unspecified atom stereocenters. The molecule has 0 aromatic rings. The van der Waals surface area contributed by atoms with Crippen molar-refractivity contribution in [2.24, 2.45) is 5.10 Å². The molecular weight excluding hydrogens is 248 g/mol. The first kappa shape index (κ1) is 14.5. The number of nitrogens with one attached hydrogen (secondary N) is 1. The molecule has 0 saturated heterocycles. The molecule has 1 atom stereocenters. The number of hydrogen-bond acceptors (Lipinski definition) is 3. The quantitative estimate of drug-likeness (QED) is 0.365. The van der Waals surface area contributed by atoms with Gasteiger partial charge in [0.15, 0.2) is 5.11 Å². The SMILES string of the molecule is CCN(CC)C(=S)N/N=C(\C)C1C=CC=C[N+]1=O. The molecule has 6 heteroatoms. The summed E-state index contributed by atoms with van der Waals surface area (Å²) in [5.74, 6) is 0. The van der Waals surface area contributed by atoms with Gasteiger partial charge in [0, 0.05) is 28.8 Å². The van der Waals surface area contributed by atoms with Crippen LogP contribution in [0.2, 0.25) is 0 Å². The van der Waals surface area contributed by atoms with Crippen molar-refractivity contribution in [3.8, 4) is 0 Å². The fraction of sp³-hybridized carbons (Fsp3) is 0.500. The summed E-state index contributed by atoms with van der Waals surface area (Å²) < 4.78 is 0.862. The molecule has 0 fully saturated rings. The molecule has 1 heterocycles. The highest BCUT2D eigenvalue weighted by Gasteiger charge is 2.25. The van der Waals surface area contributed by atoms with Gasteiger partial charge in [-0.1, -0.05) is 6.08 Å². The minimum atomic E-state index is -0.359. The summed E-state index contributed by atoms with van der Waals surface area (Å²) in [6.45, 7) is 7.52. The van der Waals surface area contributed by atoms with Crippen LogP contribution in [0.5, 0.6) is 0 Å². The van der Waals surface area contributed by atoms with Crippen molar-refractivity contribution in [1.29, 1.82) is 0 Å². The van der Waals surface area contributed by atoms with E-state index >= 15 is 0 Å². The third-order valence-electron chi connectivity index (χ3n) is 2.72. The molecule has 0 spiro atoms. The normalized spacial score (nSPS) is 18.9.